The van der Waals surface area contributed by atoms with E-state index in [4.69, 9.17) is 5.73 Å². The first-order valence-corrected chi connectivity index (χ1v) is 4.64. The number of aromatic nitrogens is 2. The van der Waals surface area contributed by atoms with E-state index in [1.54, 1.807) is 4.68 Å². The Balaban J connectivity index is 2.30. The third-order valence-electron chi connectivity index (χ3n) is 2.43. The van der Waals surface area contributed by atoms with Crippen LogP contribution < -0.4 is 5.73 Å². The molecule has 1 fully saturated rings. The summed E-state index contributed by atoms with van der Waals surface area (Å²) in [6, 6.07) is 0. The molecule has 3 N–H and O–H groups in total. The van der Waals surface area contributed by atoms with Crippen molar-refractivity contribution < 1.29 is 5.11 Å². The molecular weight excluding hydrogens is 166 g/mol. The number of aliphatic hydroxyl groups is 1. The number of aryl methyl sites for hydroxylation is 1. The van der Waals surface area contributed by atoms with E-state index in [2.05, 4.69) is 5.10 Å². The summed E-state index contributed by atoms with van der Waals surface area (Å²) in [5.41, 5.74) is 7.37. The van der Waals surface area contributed by atoms with Gasteiger partial charge in [-0.3, -0.25) is 4.68 Å². The smallest absolute Gasteiger partial charge is 0.0945 e. The van der Waals surface area contributed by atoms with Gasteiger partial charge in [0.25, 0.3) is 0 Å². The lowest BCUT2D eigenvalue weighted by molar-refractivity contribution is 0.185. The molecule has 0 aliphatic heterocycles. The Kier molecular flexibility index (Phi) is 2.09. The second kappa shape index (κ2) is 3.12. The summed E-state index contributed by atoms with van der Waals surface area (Å²) in [7, 11) is 1.87. The fourth-order valence-corrected chi connectivity index (χ4v) is 1.58. The first-order valence-electron chi connectivity index (χ1n) is 4.64. The fourth-order valence-electron chi connectivity index (χ4n) is 1.58. The molecule has 1 saturated carbocycles. The Labute approximate surface area is 77.4 Å². The first-order chi connectivity index (χ1) is 6.22. The quantitative estimate of drug-likeness (QED) is 0.704. The Hall–Kier alpha value is -0.870. The monoisotopic (exact) mass is 181 g/mol. The van der Waals surface area contributed by atoms with E-state index in [1.165, 1.54) is 12.8 Å². The predicted molar refractivity (Wildman–Crippen MR) is 49.2 cm³/mol. The number of hydrogen-bond acceptors (Lipinski definition) is 3. The van der Waals surface area contributed by atoms with Gasteiger partial charge in [-0.1, -0.05) is 0 Å². The van der Waals surface area contributed by atoms with E-state index in [0.29, 0.717) is 5.92 Å². The highest BCUT2D eigenvalue weighted by Gasteiger charge is 2.30. The molecule has 0 bridgehead atoms. The summed E-state index contributed by atoms with van der Waals surface area (Å²) in [6.45, 7) is 0.269. The van der Waals surface area contributed by atoms with Gasteiger partial charge in [0.15, 0.2) is 0 Å². The highest BCUT2D eigenvalue weighted by Crippen LogP contribution is 2.41. The maximum Gasteiger partial charge on any atom is 0.0945 e. The van der Waals surface area contributed by atoms with E-state index in [1.807, 2.05) is 13.2 Å². The van der Waals surface area contributed by atoms with Gasteiger partial charge in [0.2, 0.25) is 0 Å². The Morgan fingerprint density at radius 1 is 1.77 bits per heavy atom. The molecule has 1 aromatic rings. The topological polar surface area (TPSA) is 64.1 Å². The molecule has 72 valence electrons. The lowest BCUT2D eigenvalue weighted by Gasteiger charge is -2.06. The molecule has 1 aromatic heterocycles. The van der Waals surface area contributed by atoms with E-state index in [0.717, 1.165) is 11.3 Å². The first kappa shape index (κ1) is 8.72. The van der Waals surface area contributed by atoms with Crippen LogP contribution in [-0.2, 0) is 7.05 Å². The third kappa shape index (κ3) is 1.59. The van der Waals surface area contributed by atoms with Gasteiger partial charge in [0.1, 0.15) is 0 Å². The van der Waals surface area contributed by atoms with Crippen molar-refractivity contribution in [2.24, 2.45) is 12.8 Å². The average molecular weight is 181 g/mol. The molecule has 13 heavy (non-hydrogen) atoms. The minimum Gasteiger partial charge on any atom is -0.387 e. The van der Waals surface area contributed by atoms with Crippen LogP contribution in [0.3, 0.4) is 0 Å². The lowest BCUT2D eigenvalue weighted by atomic mass is 10.1. The minimum absolute atomic E-state index is 0.269. The molecule has 1 unspecified atom stereocenters. The van der Waals surface area contributed by atoms with Gasteiger partial charge in [0.05, 0.1) is 11.8 Å². The normalized spacial score (nSPS) is 19.0. The zero-order chi connectivity index (χ0) is 9.42. The fraction of sp³-hybridized carbons (Fsp3) is 0.667. The zero-order valence-electron chi connectivity index (χ0n) is 7.77. The molecule has 1 atom stereocenters. The van der Waals surface area contributed by atoms with Crippen LogP contribution in [-0.4, -0.2) is 21.4 Å². The maximum absolute atomic E-state index is 9.62. The van der Waals surface area contributed by atoms with Crippen molar-refractivity contribution in [3.63, 3.8) is 0 Å². The summed E-state index contributed by atoms with van der Waals surface area (Å²) >= 11 is 0. The molecule has 1 heterocycles. The highest BCUT2D eigenvalue weighted by molar-refractivity contribution is 5.27. The van der Waals surface area contributed by atoms with Gasteiger partial charge in [-0.05, 0) is 12.8 Å². The molecule has 0 amide bonds. The van der Waals surface area contributed by atoms with Crippen LogP contribution in [0.2, 0.25) is 0 Å². The van der Waals surface area contributed by atoms with E-state index >= 15 is 0 Å². The second-order valence-corrected chi connectivity index (χ2v) is 3.67. The largest absolute Gasteiger partial charge is 0.387 e. The van der Waals surface area contributed by atoms with Crippen LogP contribution >= 0.6 is 0 Å². The number of aliphatic hydroxyl groups excluding tert-OH is 1. The van der Waals surface area contributed by atoms with Crippen molar-refractivity contribution in [1.29, 1.82) is 0 Å². The van der Waals surface area contributed by atoms with Gasteiger partial charge in [-0.15, -0.1) is 0 Å². The summed E-state index contributed by atoms with van der Waals surface area (Å²) in [4.78, 5) is 0. The lowest BCUT2D eigenvalue weighted by Crippen LogP contribution is -2.12. The van der Waals surface area contributed by atoms with E-state index in [-0.39, 0.29) is 6.54 Å². The summed E-state index contributed by atoms with van der Waals surface area (Å²) in [5, 5.41) is 14.0. The molecule has 0 radical (unpaired) electrons. The zero-order valence-corrected chi connectivity index (χ0v) is 7.77. The van der Waals surface area contributed by atoms with Crippen LogP contribution in [0.25, 0.3) is 0 Å². The number of hydrogen-bond donors (Lipinski definition) is 2. The van der Waals surface area contributed by atoms with Crippen LogP contribution in [0.5, 0.6) is 0 Å². The summed E-state index contributed by atoms with van der Waals surface area (Å²) in [5.74, 6) is 0.567. The van der Waals surface area contributed by atoms with Gasteiger partial charge in [-0.2, -0.15) is 5.10 Å². The highest BCUT2D eigenvalue weighted by atomic mass is 16.3. The van der Waals surface area contributed by atoms with E-state index in [9.17, 15) is 5.11 Å². The van der Waals surface area contributed by atoms with Gasteiger partial charge < -0.3 is 10.8 Å². The van der Waals surface area contributed by atoms with Crippen molar-refractivity contribution >= 4 is 0 Å². The van der Waals surface area contributed by atoms with Gasteiger partial charge in [0, 0.05) is 31.3 Å². The van der Waals surface area contributed by atoms with Gasteiger partial charge >= 0.3 is 0 Å². The molecule has 0 aromatic carbocycles. The van der Waals surface area contributed by atoms with Crippen molar-refractivity contribution in [2.45, 2.75) is 24.9 Å². The van der Waals surface area contributed by atoms with Crippen LogP contribution in [0.1, 0.15) is 36.1 Å². The number of rotatable bonds is 3. The van der Waals surface area contributed by atoms with E-state index < -0.39 is 6.10 Å². The van der Waals surface area contributed by atoms with Crippen LogP contribution in [0, 0.1) is 0 Å². The van der Waals surface area contributed by atoms with Crippen molar-refractivity contribution in [1.82, 2.24) is 9.78 Å². The third-order valence-corrected chi connectivity index (χ3v) is 2.43. The molecule has 1 aliphatic rings. The van der Waals surface area contributed by atoms with Crippen LogP contribution in [0.15, 0.2) is 6.20 Å². The summed E-state index contributed by atoms with van der Waals surface area (Å²) < 4.78 is 1.75. The Morgan fingerprint density at radius 2 is 2.46 bits per heavy atom. The number of nitrogens with two attached hydrogens (primary N) is 1. The maximum atomic E-state index is 9.62. The standard InChI is InChI=1S/C9H15N3O/c1-12-5-7(8(13)4-10)9(11-12)6-2-3-6/h5-6,8,13H,2-4,10H2,1H3. The van der Waals surface area contributed by atoms with Crippen LogP contribution in [0.4, 0.5) is 0 Å². The second-order valence-electron chi connectivity index (χ2n) is 3.67. The molecule has 4 heteroatoms. The SMILES string of the molecule is Cn1cc(C(O)CN)c(C2CC2)n1. The molecule has 0 spiro atoms. The van der Waals surface area contributed by atoms with Crippen molar-refractivity contribution in [3.05, 3.63) is 17.5 Å². The summed E-state index contributed by atoms with van der Waals surface area (Å²) in [6.07, 6.45) is 3.71. The van der Waals surface area contributed by atoms with Crippen molar-refractivity contribution in [2.75, 3.05) is 6.54 Å². The molecule has 2 rings (SSSR count). The Morgan fingerprint density at radius 3 is 3.00 bits per heavy atom. The number of nitrogens with zero attached hydrogens (tertiary/aromatic N) is 2. The Bertz CT molecular complexity index is 304. The molecule has 1 aliphatic carbocycles. The average Bonchev–Trinajstić information content (AvgIpc) is 2.89. The predicted octanol–water partition coefficient (Wildman–Crippen LogP) is 0.290. The minimum atomic E-state index is -0.552. The molecule has 4 nitrogen and oxygen atoms in total. The molecule has 0 saturated heterocycles. The van der Waals surface area contributed by atoms with Gasteiger partial charge in [-0.25, -0.2) is 0 Å². The van der Waals surface area contributed by atoms with Crippen molar-refractivity contribution in [3.8, 4) is 0 Å². The molecular formula is C9H15N3O.